The highest BCUT2D eigenvalue weighted by Gasteiger charge is 2.40. The molecule has 0 fully saturated rings. The molecular weight excluding hydrogens is 834 g/mol. The molecule has 0 saturated heterocycles. The molecule has 3 aromatic carbocycles. The summed E-state index contributed by atoms with van der Waals surface area (Å²) < 4.78 is 26.4. The van der Waals surface area contributed by atoms with Crippen LogP contribution in [0.2, 0.25) is 5.02 Å². The molecule has 2 unspecified atom stereocenters. The molecule has 2 atom stereocenters. The number of non-ortho nitro benzene ring substituents is 1. The minimum Gasteiger partial charge on any atom is -0.466 e. The summed E-state index contributed by atoms with van der Waals surface area (Å²) in [7, 11) is 4.47. The van der Waals surface area contributed by atoms with E-state index in [1.54, 1.807) is 58.0 Å². The maximum atomic E-state index is 13.3. The Morgan fingerprint density at radius 2 is 1.35 bits per heavy atom. The maximum absolute atomic E-state index is 13.3. The number of nitrogens with zero attached hydrogens (tertiary/aromatic N) is 2. The highest BCUT2D eigenvalue weighted by molar-refractivity contribution is 6.31. The van der Waals surface area contributed by atoms with E-state index in [1.807, 2.05) is 42.3 Å². The van der Waals surface area contributed by atoms with Crippen molar-refractivity contribution in [3.63, 3.8) is 0 Å². The number of nitro groups is 1. The quantitative estimate of drug-likeness (QED) is 0.0471. The van der Waals surface area contributed by atoms with Crippen molar-refractivity contribution in [2.24, 2.45) is 5.73 Å². The van der Waals surface area contributed by atoms with Gasteiger partial charge in [0.1, 0.15) is 6.61 Å². The van der Waals surface area contributed by atoms with Crippen molar-refractivity contribution >= 4 is 41.2 Å². The van der Waals surface area contributed by atoms with Crippen LogP contribution in [-0.2, 0) is 49.4 Å². The van der Waals surface area contributed by atoms with Crippen LogP contribution in [0.15, 0.2) is 124 Å². The Hall–Kier alpha value is -6.33. The molecular formula is C46H54ClN5O11. The van der Waals surface area contributed by atoms with Gasteiger partial charge in [0, 0.05) is 53.9 Å². The molecule has 16 nitrogen and oxygen atoms in total. The number of nitro benzene ring substituents is 1. The number of methoxy groups -OCH3 is 2. The van der Waals surface area contributed by atoms with Crippen LogP contribution in [0.5, 0.6) is 0 Å². The van der Waals surface area contributed by atoms with Gasteiger partial charge in [0.15, 0.2) is 0 Å². The van der Waals surface area contributed by atoms with E-state index in [-0.39, 0.29) is 42.2 Å². The lowest BCUT2D eigenvalue weighted by molar-refractivity contribution is -0.384. The number of halogens is 1. The lowest BCUT2D eigenvalue weighted by Crippen LogP contribution is -2.35. The van der Waals surface area contributed by atoms with Crippen molar-refractivity contribution in [3.8, 4) is 0 Å². The van der Waals surface area contributed by atoms with Gasteiger partial charge in [-0.05, 0) is 57.5 Å². The zero-order chi connectivity index (χ0) is 46.2. The maximum Gasteiger partial charge on any atom is 0.336 e. The van der Waals surface area contributed by atoms with Crippen molar-refractivity contribution in [1.29, 1.82) is 0 Å². The Morgan fingerprint density at radius 3 is 1.95 bits per heavy atom. The zero-order valence-corrected chi connectivity index (χ0v) is 37.2. The van der Waals surface area contributed by atoms with Crippen LogP contribution in [-0.4, -0.2) is 94.5 Å². The lowest BCUT2D eigenvalue weighted by atomic mass is 9.80. The average molecular weight is 888 g/mol. The molecule has 0 amide bonds. The summed E-state index contributed by atoms with van der Waals surface area (Å²) in [5.41, 5.74) is 10.6. The van der Waals surface area contributed by atoms with Crippen molar-refractivity contribution in [2.45, 2.75) is 46.1 Å². The van der Waals surface area contributed by atoms with Crippen LogP contribution < -0.4 is 16.4 Å². The first-order valence-electron chi connectivity index (χ1n) is 20.1. The second-order valence-electron chi connectivity index (χ2n) is 14.4. The molecule has 63 heavy (non-hydrogen) atoms. The molecule has 2 aliphatic heterocycles. The molecule has 2 heterocycles. The van der Waals surface area contributed by atoms with Gasteiger partial charge in [-0.2, -0.15) is 0 Å². The summed E-state index contributed by atoms with van der Waals surface area (Å²) in [5.74, 6) is -3.98. The van der Waals surface area contributed by atoms with Crippen LogP contribution in [0.4, 0.5) is 5.69 Å². The van der Waals surface area contributed by atoms with E-state index in [9.17, 15) is 29.3 Å². The van der Waals surface area contributed by atoms with E-state index < -0.39 is 40.6 Å². The molecule has 3 aromatic rings. The Morgan fingerprint density at radius 1 is 0.762 bits per heavy atom. The topological polar surface area (TPSA) is 211 Å². The monoisotopic (exact) mass is 887 g/mol. The number of nitrogens with two attached hydrogens (primary N) is 1. The zero-order valence-electron chi connectivity index (χ0n) is 36.5. The van der Waals surface area contributed by atoms with Gasteiger partial charge >= 0.3 is 23.9 Å². The van der Waals surface area contributed by atoms with Gasteiger partial charge in [-0.25, -0.2) is 19.2 Å². The van der Waals surface area contributed by atoms with Crippen LogP contribution in [0.1, 0.15) is 56.2 Å². The molecule has 0 spiro atoms. The Labute approximate surface area is 371 Å². The molecule has 0 saturated carbocycles. The Bertz CT molecular complexity index is 2290. The summed E-state index contributed by atoms with van der Waals surface area (Å²) in [6.45, 7) is 9.16. The summed E-state index contributed by atoms with van der Waals surface area (Å²) >= 11 is 6.42. The lowest BCUT2D eigenvalue weighted by Gasteiger charge is -2.31. The van der Waals surface area contributed by atoms with Gasteiger partial charge < -0.3 is 40.1 Å². The summed E-state index contributed by atoms with van der Waals surface area (Å²) in [6, 6.07) is 22.9. The van der Waals surface area contributed by atoms with Gasteiger partial charge in [-0.15, -0.1) is 0 Å². The third-order valence-corrected chi connectivity index (χ3v) is 10.4. The fourth-order valence-electron chi connectivity index (χ4n) is 7.26. The molecule has 5 rings (SSSR count). The predicted molar refractivity (Wildman–Crippen MR) is 236 cm³/mol. The molecule has 17 heteroatoms. The fraction of sp³-hybridized carbons (Fsp3) is 0.348. The smallest absolute Gasteiger partial charge is 0.336 e. The molecule has 2 aliphatic rings. The van der Waals surface area contributed by atoms with Crippen molar-refractivity contribution in [2.75, 3.05) is 60.8 Å². The van der Waals surface area contributed by atoms with Crippen LogP contribution in [0, 0.1) is 10.1 Å². The second-order valence-corrected chi connectivity index (χ2v) is 14.8. The van der Waals surface area contributed by atoms with Gasteiger partial charge in [0.05, 0.1) is 78.8 Å². The number of hydrogen-bond acceptors (Lipinski definition) is 15. The average Bonchev–Trinajstić information content (AvgIpc) is 3.26. The van der Waals surface area contributed by atoms with E-state index in [1.165, 1.54) is 32.4 Å². The minimum absolute atomic E-state index is 0.109. The molecule has 4 N–H and O–H groups in total. The molecule has 0 radical (unpaired) electrons. The second kappa shape index (κ2) is 23.8. The molecule has 0 aromatic heterocycles. The molecule has 0 bridgehead atoms. The number of carbonyl (C=O) groups excluding carboxylic acids is 4. The van der Waals surface area contributed by atoms with E-state index in [2.05, 4.69) is 10.6 Å². The third-order valence-electron chi connectivity index (χ3n) is 10.1. The van der Waals surface area contributed by atoms with Gasteiger partial charge in [0.2, 0.25) is 0 Å². The predicted octanol–water partition coefficient (Wildman–Crippen LogP) is 5.94. The SMILES string of the molecule is CCOC(=O)C1=C(COCCN)NC(C)=C(C(=O)OC)C1c1ccccc1Cl.COC(=O)C1=C(C)NC(C)=C(C(=O)OCCN(C)Cc2ccccc2)C1c1cccc([N+](=O)[O-])c1. The normalized spacial score (nSPS) is 16.1. The van der Waals surface area contributed by atoms with Crippen molar-refractivity contribution in [3.05, 3.63) is 156 Å². The largest absolute Gasteiger partial charge is 0.466 e. The number of carbonyl (C=O) groups is 4. The number of benzene rings is 3. The minimum atomic E-state index is -0.877. The van der Waals surface area contributed by atoms with E-state index >= 15 is 0 Å². The van der Waals surface area contributed by atoms with Crippen LogP contribution >= 0.6 is 11.6 Å². The number of nitrogens with one attached hydrogen (secondary N) is 2. The number of ether oxygens (including phenoxy) is 5. The highest BCUT2D eigenvalue weighted by Crippen LogP contribution is 2.42. The summed E-state index contributed by atoms with van der Waals surface area (Å²) in [6.07, 6.45) is 0. The van der Waals surface area contributed by atoms with E-state index in [0.29, 0.717) is 70.8 Å². The first-order chi connectivity index (χ1) is 30.2. The molecule has 0 aliphatic carbocycles. The number of hydrogen-bond donors (Lipinski definition) is 3. The van der Waals surface area contributed by atoms with E-state index in [4.69, 9.17) is 41.0 Å². The highest BCUT2D eigenvalue weighted by atomic mass is 35.5. The Kier molecular flexibility index (Phi) is 18.6. The van der Waals surface area contributed by atoms with Gasteiger partial charge in [0.25, 0.3) is 5.69 Å². The van der Waals surface area contributed by atoms with Crippen LogP contribution in [0.3, 0.4) is 0 Å². The van der Waals surface area contributed by atoms with Gasteiger partial charge in [-0.3, -0.25) is 15.0 Å². The van der Waals surface area contributed by atoms with Crippen molar-refractivity contribution in [1.82, 2.24) is 15.5 Å². The first kappa shape index (κ1) is 49.3. The van der Waals surface area contributed by atoms with Crippen LogP contribution in [0.25, 0.3) is 0 Å². The summed E-state index contributed by atoms with van der Waals surface area (Å²) in [4.78, 5) is 64.3. The van der Waals surface area contributed by atoms with E-state index in [0.717, 1.165) is 5.56 Å². The van der Waals surface area contributed by atoms with Gasteiger partial charge in [-0.1, -0.05) is 72.3 Å². The Balaban J connectivity index is 0.000000284. The number of rotatable bonds is 17. The number of likely N-dealkylation sites (N-methyl/N-ethyl adjacent to an activating group) is 1. The van der Waals surface area contributed by atoms with Crippen molar-refractivity contribution < 1.29 is 47.8 Å². The third kappa shape index (κ3) is 12.6. The molecule has 336 valence electrons. The standard InChI is InChI=1S/C26H29N3O6.C20H25ClN2O5/c1-17-22(25(30)34-4)24(20-11-8-12-21(15-20)29(32)33)23(18(2)27-17)26(31)35-14-13-28(3)16-19-9-6-5-7-10-19;1-4-28-20(25)18-15(11-27-10-9-22)23-12(2)16(19(24)26-3)17(18)13-7-5-6-8-14(13)21/h5-12,15,24,27H,13-14,16H2,1-4H3;5-8,17,23H,4,9-11,22H2,1-3H3. The fourth-order valence-corrected chi connectivity index (χ4v) is 7.51. The number of esters is 4. The summed E-state index contributed by atoms with van der Waals surface area (Å²) in [5, 5.41) is 17.9. The number of dihydropyridines is 2. The number of allylic oxidation sites excluding steroid dienone is 3. The first-order valence-corrected chi connectivity index (χ1v) is 20.5.